The quantitative estimate of drug-likeness (QED) is 0.880. The highest BCUT2D eigenvalue weighted by atomic mass is 16.2. The number of anilines is 1. The lowest BCUT2D eigenvalue weighted by Gasteiger charge is -2.22. The molecule has 108 valence electrons. The Morgan fingerprint density at radius 2 is 2.10 bits per heavy atom. The summed E-state index contributed by atoms with van der Waals surface area (Å²) in [5.41, 5.74) is 7.07. The molecule has 1 heterocycles. The summed E-state index contributed by atoms with van der Waals surface area (Å²) in [5.74, 6) is 0.371. The number of aromatic nitrogens is 2. The Hall–Kier alpha value is -1.88. The summed E-state index contributed by atoms with van der Waals surface area (Å²) in [6.07, 6.45) is 1.51. The monoisotopic (exact) mass is 274 g/mol. The second-order valence-corrected chi connectivity index (χ2v) is 5.29. The van der Waals surface area contributed by atoms with Crippen molar-refractivity contribution in [2.24, 2.45) is 5.73 Å². The number of amides is 1. The van der Waals surface area contributed by atoms with Crippen molar-refractivity contribution in [2.45, 2.75) is 45.7 Å². The predicted molar refractivity (Wildman–Crippen MR) is 81.5 cm³/mol. The fourth-order valence-corrected chi connectivity index (χ4v) is 2.37. The number of hydrogen-bond acceptors (Lipinski definition) is 3. The summed E-state index contributed by atoms with van der Waals surface area (Å²) in [6, 6.07) is 7.83. The molecule has 1 atom stereocenters. The van der Waals surface area contributed by atoms with E-state index in [0.717, 1.165) is 24.0 Å². The van der Waals surface area contributed by atoms with Gasteiger partial charge in [0.25, 0.3) is 0 Å². The van der Waals surface area contributed by atoms with E-state index in [0.29, 0.717) is 12.4 Å². The van der Waals surface area contributed by atoms with Gasteiger partial charge in [0, 0.05) is 6.54 Å². The fraction of sp³-hybridized carbons (Fsp3) is 0.467. The molecule has 5 nitrogen and oxygen atoms in total. The zero-order valence-electron chi connectivity index (χ0n) is 12.3. The van der Waals surface area contributed by atoms with Crippen molar-refractivity contribution in [1.29, 1.82) is 0 Å². The number of imidazole rings is 1. The maximum atomic E-state index is 12.3. The molecular formula is C15H22N4O. The first-order chi connectivity index (χ1) is 9.49. The Labute approximate surface area is 119 Å². The molecule has 0 aliphatic heterocycles. The zero-order valence-corrected chi connectivity index (χ0v) is 12.3. The number of fused-ring (bicyclic) bond motifs is 1. The second-order valence-electron chi connectivity index (χ2n) is 5.29. The van der Waals surface area contributed by atoms with Crippen LogP contribution in [0.15, 0.2) is 24.3 Å². The molecule has 2 aromatic rings. The molecule has 0 aliphatic carbocycles. The molecule has 0 saturated heterocycles. The second kappa shape index (κ2) is 5.63. The number of nitrogens with one attached hydrogen (secondary N) is 1. The summed E-state index contributed by atoms with van der Waals surface area (Å²) in [6.45, 7) is 6.53. The van der Waals surface area contributed by atoms with Crippen LogP contribution in [0.2, 0.25) is 0 Å². The number of nitrogens with zero attached hydrogens (tertiary/aromatic N) is 2. The Morgan fingerprint density at radius 3 is 2.75 bits per heavy atom. The number of para-hydroxylation sites is 2. The zero-order chi connectivity index (χ0) is 14.8. The van der Waals surface area contributed by atoms with E-state index < -0.39 is 5.54 Å². The fourth-order valence-electron chi connectivity index (χ4n) is 2.37. The minimum absolute atomic E-state index is 0.190. The maximum absolute atomic E-state index is 12.3. The molecule has 1 unspecified atom stereocenters. The molecule has 0 saturated carbocycles. The molecule has 20 heavy (non-hydrogen) atoms. The van der Waals surface area contributed by atoms with Crippen molar-refractivity contribution in [1.82, 2.24) is 9.55 Å². The molecule has 3 N–H and O–H groups in total. The lowest BCUT2D eigenvalue weighted by Crippen LogP contribution is -2.48. The first kappa shape index (κ1) is 14.5. The number of carbonyl (C=O) groups excluding carboxylic acids is 1. The van der Waals surface area contributed by atoms with Crippen LogP contribution in [0, 0.1) is 0 Å². The van der Waals surface area contributed by atoms with Crippen molar-refractivity contribution in [3.63, 3.8) is 0 Å². The van der Waals surface area contributed by atoms with Gasteiger partial charge >= 0.3 is 0 Å². The average molecular weight is 274 g/mol. The Bertz CT molecular complexity index is 615. The number of nitrogens with two attached hydrogens (primary N) is 1. The van der Waals surface area contributed by atoms with Crippen LogP contribution in [0.4, 0.5) is 5.95 Å². The van der Waals surface area contributed by atoms with E-state index in [4.69, 9.17) is 5.73 Å². The van der Waals surface area contributed by atoms with Crippen LogP contribution in [0.1, 0.15) is 33.6 Å². The van der Waals surface area contributed by atoms with Gasteiger partial charge in [-0.1, -0.05) is 25.5 Å². The van der Waals surface area contributed by atoms with Gasteiger partial charge in [0.15, 0.2) is 0 Å². The minimum atomic E-state index is -0.870. The number of carbonyl (C=O) groups is 1. The van der Waals surface area contributed by atoms with Crippen molar-refractivity contribution in [3.05, 3.63) is 24.3 Å². The van der Waals surface area contributed by atoms with Gasteiger partial charge in [0.05, 0.1) is 16.6 Å². The van der Waals surface area contributed by atoms with Crippen LogP contribution in [0.5, 0.6) is 0 Å². The first-order valence-corrected chi connectivity index (χ1v) is 7.05. The summed E-state index contributed by atoms with van der Waals surface area (Å²) >= 11 is 0. The lowest BCUT2D eigenvalue weighted by molar-refractivity contribution is -0.120. The molecule has 1 aromatic heterocycles. The van der Waals surface area contributed by atoms with Crippen molar-refractivity contribution >= 4 is 22.9 Å². The summed E-state index contributed by atoms with van der Waals surface area (Å²) in [5, 5.41) is 2.86. The Morgan fingerprint density at radius 1 is 1.40 bits per heavy atom. The number of hydrogen-bond donors (Lipinski definition) is 2. The minimum Gasteiger partial charge on any atom is -0.318 e. The van der Waals surface area contributed by atoms with E-state index in [-0.39, 0.29) is 5.91 Å². The molecular weight excluding hydrogens is 252 g/mol. The highest BCUT2D eigenvalue weighted by Crippen LogP contribution is 2.20. The van der Waals surface area contributed by atoms with E-state index in [1.807, 2.05) is 42.7 Å². The number of rotatable bonds is 5. The number of aryl methyl sites for hydroxylation is 1. The van der Waals surface area contributed by atoms with Gasteiger partial charge in [-0.3, -0.25) is 10.1 Å². The standard InChI is InChI=1S/C15H22N4O/c1-4-10-15(3,16)13(20)18-14-17-11-8-6-7-9-12(11)19(14)5-2/h6-9H,4-5,10,16H2,1-3H3,(H,17,18,20). The summed E-state index contributed by atoms with van der Waals surface area (Å²) in [4.78, 5) is 16.8. The van der Waals surface area contributed by atoms with Crippen LogP contribution in [-0.2, 0) is 11.3 Å². The third-order valence-electron chi connectivity index (χ3n) is 3.48. The van der Waals surface area contributed by atoms with Crippen molar-refractivity contribution in [2.75, 3.05) is 5.32 Å². The Kier molecular flexibility index (Phi) is 4.09. The number of benzene rings is 1. The average Bonchev–Trinajstić information content (AvgIpc) is 2.75. The molecule has 0 fully saturated rings. The molecule has 1 aromatic carbocycles. The van der Waals surface area contributed by atoms with Crippen LogP contribution in [-0.4, -0.2) is 21.0 Å². The molecule has 0 spiro atoms. The van der Waals surface area contributed by atoms with E-state index in [2.05, 4.69) is 10.3 Å². The van der Waals surface area contributed by atoms with E-state index in [1.165, 1.54) is 0 Å². The van der Waals surface area contributed by atoms with Gasteiger partial charge in [-0.15, -0.1) is 0 Å². The van der Waals surface area contributed by atoms with Crippen LogP contribution in [0.3, 0.4) is 0 Å². The first-order valence-electron chi connectivity index (χ1n) is 7.05. The van der Waals surface area contributed by atoms with E-state index in [9.17, 15) is 4.79 Å². The maximum Gasteiger partial charge on any atom is 0.246 e. The molecule has 2 rings (SSSR count). The molecule has 5 heteroatoms. The predicted octanol–water partition coefficient (Wildman–Crippen LogP) is 2.51. The van der Waals surface area contributed by atoms with Gasteiger partial charge in [-0.2, -0.15) is 0 Å². The van der Waals surface area contributed by atoms with Crippen LogP contribution >= 0.6 is 0 Å². The van der Waals surface area contributed by atoms with Crippen LogP contribution < -0.4 is 11.1 Å². The smallest absolute Gasteiger partial charge is 0.246 e. The van der Waals surface area contributed by atoms with Gasteiger partial charge < -0.3 is 10.3 Å². The van der Waals surface area contributed by atoms with Gasteiger partial charge in [-0.25, -0.2) is 4.98 Å². The largest absolute Gasteiger partial charge is 0.318 e. The van der Waals surface area contributed by atoms with Crippen LogP contribution in [0.25, 0.3) is 11.0 Å². The van der Waals surface area contributed by atoms with Crippen molar-refractivity contribution < 1.29 is 4.79 Å². The van der Waals surface area contributed by atoms with E-state index in [1.54, 1.807) is 6.92 Å². The summed E-state index contributed by atoms with van der Waals surface area (Å²) in [7, 11) is 0. The highest BCUT2D eigenvalue weighted by Gasteiger charge is 2.28. The van der Waals surface area contributed by atoms with Gasteiger partial charge in [0.2, 0.25) is 11.9 Å². The highest BCUT2D eigenvalue weighted by molar-refractivity contribution is 5.97. The Balaban J connectivity index is 2.32. The third kappa shape index (κ3) is 2.67. The van der Waals surface area contributed by atoms with E-state index >= 15 is 0 Å². The summed E-state index contributed by atoms with van der Waals surface area (Å²) < 4.78 is 1.98. The molecule has 0 radical (unpaired) electrons. The lowest BCUT2D eigenvalue weighted by atomic mass is 9.97. The SMILES string of the molecule is CCCC(C)(N)C(=O)Nc1nc2ccccc2n1CC. The van der Waals surface area contributed by atoms with Crippen molar-refractivity contribution in [3.8, 4) is 0 Å². The van der Waals surface area contributed by atoms with Gasteiger partial charge in [0.1, 0.15) is 0 Å². The topological polar surface area (TPSA) is 72.9 Å². The molecule has 0 bridgehead atoms. The third-order valence-corrected chi connectivity index (χ3v) is 3.48. The normalized spacial score (nSPS) is 14.2. The molecule has 0 aliphatic rings. The van der Waals surface area contributed by atoms with Gasteiger partial charge in [-0.05, 0) is 32.4 Å². The molecule has 1 amide bonds.